The van der Waals surface area contributed by atoms with Gasteiger partial charge in [-0.3, -0.25) is 0 Å². The van der Waals surface area contributed by atoms with Gasteiger partial charge in [0.1, 0.15) is 0 Å². The third-order valence-electron chi connectivity index (χ3n) is 3.07. The summed E-state index contributed by atoms with van der Waals surface area (Å²) in [5.41, 5.74) is 0. The van der Waals surface area contributed by atoms with Crippen LogP contribution in [0.3, 0.4) is 0 Å². The van der Waals surface area contributed by atoms with Crippen molar-refractivity contribution in [2.75, 3.05) is 26.7 Å². The molecule has 3 nitrogen and oxygen atoms in total. The van der Waals surface area contributed by atoms with Gasteiger partial charge in [-0.25, -0.2) is 0 Å². The van der Waals surface area contributed by atoms with Crippen LogP contribution in [-0.4, -0.2) is 48.8 Å². The summed E-state index contributed by atoms with van der Waals surface area (Å²) < 4.78 is 0. The Kier molecular flexibility index (Phi) is 3.42. The molecule has 3 heteroatoms. The molecule has 1 unspecified atom stereocenters. The van der Waals surface area contributed by atoms with Crippen LogP contribution in [0.1, 0.15) is 25.7 Å². The van der Waals surface area contributed by atoms with Crippen LogP contribution in [0, 0.1) is 5.92 Å². The van der Waals surface area contributed by atoms with Crippen molar-refractivity contribution in [2.45, 2.75) is 37.8 Å². The van der Waals surface area contributed by atoms with Gasteiger partial charge in [-0.2, -0.15) is 0 Å². The monoisotopic (exact) mass is 198 g/mol. The molecule has 0 aromatic carbocycles. The molecule has 14 heavy (non-hydrogen) atoms. The molecule has 0 bridgehead atoms. The van der Waals surface area contributed by atoms with Crippen molar-refractivity contribution in [3.63, 3.8) is 0 Å². The number of likely N-dealkylation sites (N-methyl/N-ethyl adjacent to an activating group) is 1. The minimum atomic E-state index is 0.269. The van der Waals surface area contributed by atoms with E-state index < -0.39 is 0 Å². The molecule has 2 aliphatic carbocycles. The van der Waals surface area contributed by atoms with E-state index in [2.05, 4.69) is 17.3 Å². The van der Waals surface area contributed by atoms with Crippen molar-refractivity contribution < 1.29 is 5.11 Å². The van der Waals surface area contributed by atoms with Crippen LogP contribution in [-0.2, 0) is 0 Å². The van der Waals surface area contributed by atoms with Gasteiger partial charge in [0.05, 0.1) is 6.61 Å². The molecule has 82 valence electrons. The Morgan fingerprint density at radius 3 is 2.57 bits per heavy atom. The van der Waals surface area contributed by atoms with Gasteiger partial charge in [-0.05, 0) is 38.6 Å². The first-order chi connectivity index (χ1) is 6.78. The van der Waals surface area contributed by atoms with E-state index in [1.165, 1.54) is 32.2 Å². The maximum atomic E-state index is 9.21. The lowest BCUT2D eigenvalue weighted by atomic mass is 10.2. The molecule has 0 radical (unpaired) electrons. The van der Waals surface area contributed by atoms with Crippen LogP contribution in [0.5, 0.6) is 0 Å². The van der Waals surface area contributed by atoms with Crippen molar-refractivity contribution in [1.29, 1.82) is 0 Å². The zero-order chi connectivity index (χ0) is 9.97. The Bertz CT molecular complexity index is 178. The molecule has 0 heterocycles. The van der Waals surface area contributed by atoms with E-state index >= 15 is 0 Å². The van der Waals surface area contributed by atoms with Crippen LogP contribution < -0.4 is 5.32 Å². The first-order valence-corrected chi connectivity index (χ1v) is 5.83. The fourth-order valence-electron chi connectivity index (χ4n) is 1.94. The van der Waals surface area contributed by atoms with Gasteiger partial charge in [-0.1, -0.05) is 0 Å². The molecule has 0 aromatic rings. The number of hydrogen-bond donors (Lipinski definition) is 2. The van der Waals surface area contributed by atoms with Crippen LogP contribution >= 0.6 is 0 Å². The van der Waals surface area contributed by atoms with Crippen LogP contribution in [0.2, 0.25) is 0 Å². The van der Waals surface area contributed by atoms with Crippen molar-refractivity contribution in [1.82, 2.24) is 10.2 Å². The van der Waals surface area contributed by atoms with Crippen LogP contribution in [0.4, 0.5) is 0 Å². The number of rotatable bonds is 7. The van der Waals surface area contributed by atoms with Crippen molar-refractivity contribution in [3.05, 3.63) is 0 Å². The smallest absolute Gasteiger partial charge is 0.0597 e. The summed E-state index contributed by atoms with van der Waals surface area (Å²) in [5.74, 6) is 0.945. The van der Waals surface area contributed by atoms with E-state index in [1.54, 1.807) is 0 Å². The van der Waals surface area contributed by atoms with Crippen molar-refractivity contribution in [3.8, 4) is 0 Å². The maximum Gasteiger partial charge on any atom is 0.0597 e. The van der Waals surface area contributed by atoms with E-state index in [0.717, 1.165) is 12.5 Å². The number of aliphatic hydroxyl groups is 1. The lowest BCUT2D eigenvalue weighted by Crippen LogP contribution is -2.43. The largest absolute Gasteiger partial charge is 0.395 e. The Hall–Kier alpha value is -0.120. The quantitative estimate of drug-likeness (QED) is 0.623. The lowest BCUT2D eigenvalue weighted by Gasteiger charge is -2.23. The molecule has 1 atom stereocenters. The average Bonchev–Trinajstić information content (AvgIpc) is 2.97. The van der Waals surface area contributed by atoms with Gasteiger partial charge in [0.25, 0.3) is 0 Å². The highest BCUT2D eigenvalue weighted by molar-refractivity contribution is 4.86. The van der Waals surface area contributed by atoms with E-state index in [9.17, 15) is 5.11 Å². The summed E-state index contributed by atoms with van der Waals surface area (Å²) in [5, 5.41) is 12.7. The van der Waals surface area contributed by atoms with Crippen LogP contribution in [0.25, 0.3) is 0 Å². The van der Waals surface area contributed by atoms with E-state index in [0.29, 0.717) is 6.04 Å². The molecule has 2 fully saturated rings. The Morgan fingerprint density at radius 2 is 2.07 bits per heavy atom. The Morgan fingerprint density at radius 1 is 1.36 bits per heavy atom. The number of nitrogens with one attached hydrogen (secondary N) is 1. The van der Waals surface area contributed by atoms with E-state index in [1.807, 2.05) is 0 Å². The van der Waals surface area contributed by atoms with Crippen molar-refractivity contribution in [2.24, 2.45) is 5.92 Å². The fourth-order valence-corrected chi connectivity index (χ4v) is 1.94. The van der Waals surface area contributed by atoms with Gasteiger partial charge in [0.2, 0.25) is 0 Å². The van der Waals surface area contributed by atoms with Gasteiger partial charge in [-0.15, -0.1) is 0 Å². The Balaban J connectivity index is 1.63. The van der Waals surface area contributed by atoms with Gasteiger partial charge in [0, 0.05) is 25.2 Å². The Labute approximate surface area is 86.5 Å². The third kappa shape index (κ3) is 3.56. The number of hydrogen-bond acceptors (Lipinski definition) is 3. The molecular weight excluding hydrogens is 176 g/mol. The molecule has 2 aliphatic rings. The summed E-state index contributed by atoms with van der Waals surface area (Å²) in [7, 11) is 2.16. The predicted molar refractivity (Wildman–Crippen MR) is 57.3 cm³/mol. The molecule has 0 aromatic heterocycles. The molecular formula is C11H22N2O. The fraction of sp³-hybridized carbons (Fsp3) is 1.00. The minimum Gasteiger partial charge on any atom is -0.395 e. The lowest BCUT2D eigenvalue weighted by molar-refractivity contribution is 0.194. The number of nitrogens with zero attached hydrogens (tertiary/aromatic N) is 1. The highest BCUT2D eigenvalue weighted by Crippen LogP contribution is 2.29. The molecule has 2 saturated carbocycles. The average molecular weight is 198 g/mol. The summed E-state index contributed by atoms with van der Waals surface area (Å²) >= 11 is 0. The molecule has 0 saturated heterocycles. The van der Waals surface area contributed by atoms with E-state index in [-0.39, 0.29) is 12.6 Å². The van der Waals surface area contributed by atoms with E-state index in [4.69, 9.17) is 0 Å². The summed E-state index contributed by atoms with van der Waals surface area (Å²) in [4.78, 5) is 2.36. The first-order valence-electron chi connectivity index (χ1n) is 5.83. The summed E-state index contributed by atoms with van der Waals surface area (Å²) in [6, 6.07) is 0.979. The van der Waals surface area contributed by atoms with Crippen LogP contribution in [0.15, 0.2) is 0 Å². The zero-order valence-corrected chi connectivity index (χ0v) is 9.08. The highest BCUT2D eigenvalue weighted by atomic mass is 16.3. The second-order valence-corrected chi connectivity index (χ2v) is 4.99. The molecule has 2 N–H and O–H groups in total. The van der Waals surface area contributed by atoms with Gasteiger partial charge < -0.3 is 15.3 Å². The highest BCUT2D eigenvalue weighted by Gasteiger charge is 2.27. The molecule has 0 spiro atoms. The summed E-state index contributed by atoms with van der Waals surface area (Å²) in [6.45, 7) is 2.47. The molecule has 0 aliphatic heterocycles. The van der Waals surface area contributed by atoms with Crippen molar-refractivity contribution >= 4 is 0 Å². The molecule has 2 rings (SSSR count). The van der Waals surface area contributed by atoms with Gasteiger partial charge >= 0.3 is 0 Å². The first kappa shape index (κ1) is 10.4. The second-order valence-electron chi connectivity index (χ2n) is 4.99. The molecule has 0 amide bonds. The topological polar surface area (TPSA) is 35.5 Å². The SMILES string of the molecule is CN(CC1CC1)CC(CO)NC1CC1. The number of aliphatic hydroxyl groups excluding tert-OH is 1. The third-order valence-corrected chi connectivity index (χ3v) is 3.07. The second kappa shape index (κ2) is 4.60. The standard InChI is InChI=1S/C11H22N2O/c1-13(6-9-2-3-9)7-11(8-14)12-10-4-5-10/h9-12,14H,2-8H2,1H3. The maximum absolute atomic E-state index is 9.21. The predicted octanol–water partition coefficient (Wildman–Crippen LogP) is 0.441. The summed E-state index contributed by atoms with van der Waals surface area (Å²) in [6.07, 6.45) is 5.40. The minimum absolute atomic E-state index is 0.269. The normalized spacial score (nSPS) is 24.2. The zero-order valence-electron chi connectivity index (χ0n) is 9.08. The van der Waals surface area contributed by atoms with Gasteiger partial charge in [0.15, 0.2) is 0 Å².